The number of hydrogen-bond acceptors (Lipinski definition) is 2. The second-order valence-corrected chi connectivity index (χ2v) is 5.14. The van der Waals surface area contributed by atoms with Gasteiger partial charge in [-0.25, -0.2) is 17.6 Å². The van der Waals surface area contributed by atoms with Crippen LogP contribution in [0.25, 0.3) is 0 Å². The summed E-state index contributed by atoms with van der Waals surface area (Å²) >= 11 is 0. The number of alkyl halides is 2. The normalized spacial score (nSPS) is 11.2. The second-order valence-electron chi connectivity index (χ2n) is 5.14. The number of anilines is 1. The maximum absolute atomic E-state index is 13.8. The van der Waals surface area contributed by atoms with Crippen LogP contribution < -0.4 is 10.6 Å². The van der Waals surface area contributed by atoms with E-state index in [4.69, 9.17) is 6.42 Å². The first-order valence-electron chi connectivity index (χ1n) is 6.47. The number of amides is 1. The predicted octanol–water partition coefficient (Wildman–Crippen LogP) is 3.17. The van der Waals surface area contributed by atoms with Gasteiger partial charge in [0.1, 0.15) is 11.6 Å². The average Bonchev–Trinajstić information content (AvgIpc) is 2.39. The predicted molar refractivity (Wildman–Crippen MR) is 75.8 cm³/mol. The molecule has 0 aliphatic carbocycles. The quantitative estimate of drug-likeness (QED) is 0.625. The van der Waals surface area contributed by atoms with Gasteiger partial charge in [0.25, 0.3) is 5.91 Å². The Morgan fingerprint density at radius 1 is 1.36 bits per heavy atom. The van der Waals surface area contributed by atoms with E-state index in [2.05, 4.69) is 16.6 Å². The Kier molecular flexibility index (Phi) is 5.80. The van der Waals surface area contributed by atoms with Crippen molar-refractivity contribution in [1.82, 2.24) is 5.32 Å². The Balaban J connectivity index is 3.06. The molecule has 0 bridgehead atoms. The number of terminal acetylenes is 1. The van der Waals surface area contributed by atoms with Crippen LogP contribution in [0.2, 0.25) is 0 Å². The maximum atomic E-state index is 13.8. The smallest absolute Gasteiger partial charge is 0.254 e. The SMILES string of the molecule is C#CC(C)(C)NC(=O)c1cc(F)cc(F)c1NCCC(F)F. The Morgan fingerprint density at radius 2 is 2.00 bits per heavy atom. The molecule has 0 fully saturated rings. The van der Waals surface area contributed by atoms with Crippen molar-refractivity contribution in [2.45, 2.75) is 32.2 Å². The van der Waals surface area contributed by atoms with Gasteiger partial charge in [-0.15, -0.1) is 6.42 Å². The Hall–Kier alpha value is -2.23. The van der Waals surface area contributed by atoms with Crippen molar-refractivity contribution < 1.29 is 22.4 Å². The summed E-state index contributed by atoms with van der Waals surface area (Å²) in [5.74, 6) is -0.496. The molecule has 22 heavy (non-hydrogen) atoms. The van der Waals surface area contributed by atoms with Crippen molar-refractivity contribution in [2.24, 2.45) is 0 Å². The lowest BCUT2D eigenvalue weighted by Crippen LogP contribution is -2.42. The summed E-state index contributed by atoms with van der Waals surface area (Å²) in [5.41, 5.74) is -1.71. The highest BCUT2D eigenvalue weighted by molar-refractivity contribution is 6.00. The van der Waals surface area contributed by atoms with Crippen LogP contribution in [0, 0.1) is 24.0 Å². The van der Waals surface area contributed by atoms with Crippen molar-refractivity contribution in [3.8, 4) is 12.3 Å². The van der Waals surface area contributed by atoms with Gasteiger partial charge in [0, 0.05) is 19.0 Å². The van der Waals surface area contributed by atoms with E-state index in [9.17, 15) is 22.4 Å². The van der Waals surface area contributed by atoms with Gasteiger partial charge in [-0.2, -0.15) is 0 Å². The maximum Gasteiger partial charge on any atom is 0.254 e. The molecule has 2 N–H and O–H groups in total. The summed E-state index contributed by atoms with van der Waals surface area (Å²) in [4.78, 5) is 12.1. The van der Waals surface area contributed by atoms with Crippen molar-refractivity contribution in [3.05, 3.63) is 29.3 Å². The molecule has 0 unspecified atom stereocenters. The van der Waals surface area contributed by atoms with E-state index < -0.39 is 35.9 Å². The minimum absolute atomic E-state index is 0.265. The third-order valence-electron chi connectivity index (χ3n) is 2.75. The topological polar surface area (TPSA) is 41.1 Å². The fourth-order valence-electron chi connectivity index (χ4n) is 1.63. The molecule has 0 atom stereocenters. The van der Waals surface area contributed by atoms with Crippen molar-refractivity contribution in [1.29, 1.82) is 0 Å². The Labute approximate surface area is 126 Å². The van der Waals surface area contributed by atoms with Gasteiger partial charge < -0.3 is 10.6 Å². The average molecular weight is 316 g/mol. The minimum atomic E-state index is -2.58. The first-order chi connectivity index (χ1) is 10.2. The first-order valence-corrected chi connectivity index (χ1v) is 6.47. The fraction of sp³-hybridized carbons (Fsp3) is 0.400. The van der Waals surface area contributed by atoms with Crippen LogP contribution in [0.4, 0.5) is 23.2 Å². The number of nitrogens with one attached hydrogen (secondary N) is 2. The molecule has 1 rings (SSSR count). The molecule has 3 nitrogen and oxygen atoms in total. The largest absolute Gasteiger partial charge is 0.382 e. The zero-order valence-electron chi connectivity index (χ0n) is 12.1. The van der Waals surface area contributed by atoms with E-state index in [0.29, 0.717) is 6.07 Å². The van der Waals surface area contributed by atoms with Gasteiger partial charge >= 0.3 is 0 Å². The molecule has 0 heterocycles. The highest BCUT2D eigenvalue weighted by Gasteiger charge is 2.23. The third kappa shape index (κ3) is 4.95. The van der Waals surface area contributed by atoms with Gasteiger partial charge in [-0.05, 0) is 19.9 Å². The molecule has 0 aromatic heterocycles. The number of benzene rings is 1. The van der Waals surface area contributed by atoms with Gasteiger partial charge in [-0.1, -0.05) is 5.92 Å². The molecular formula is C15H16F4N2O. The first kappa shape index (κ1) is 17.8. The summed E-state index contributed by atoms with van der Waals surface area (Å²) in [6, 6.07) is 1.38. The lowest BCUT2D eigenvalue weighted by molar-refractivity contribution is 0.0930. The summed E-state index contributed by atoms with van der Waals surface area (Å²) < 4.78 is 51.4. The second kappa shape index (κ2) is 7.16. The van der Waals surface area contributed by atoms with Crippen molar-refractivity contribution >= 4 is 11.6 Å². The zero-order chi connectivity index (χ0) is 16.9. The summed E-state index contributed by atoms with van der Waals surface area (Å²) in [5, 5.41) is 4.81. The molecule has 0 saturated heterocycles. The van der Waals surface area contributed by atoms with Gasteiger partial charge in [0.15, 0.2) is 0 Å². The monoisotopic (exact) mass is 316 g/mol. The number of halogens is 4. The highest BCUT2D eigenvalue weighted by Crippen LogP contribution is 2.23. The number of hydrogen-bond donors (Lipinski definition) is 2. The van der Waals surface area contributed by atoms with Crippen LogP contribution in [-0.4, -0.2) is 24.4 Å². The van der Waals surface area contributed by atoms with E-state index in [1.165, 1.54) is 13.8 Å². The molecular weight excluding hydrogens is 300 g/mol. The van der Waals surface area contributed by atoms with Crippen LogP contribution in [0.3, 0.4) is 0 Å². The molecule has 120 valence electrons. The highest BCUT2D eigenvalue weighted by atomic mass is 19.3. The van der Waals surface area contributed by atoms with Gasteiger partial charge in [0.05, 0.1) is 16.8 Å². The van der Waals surface area contributed by atoms with E-state index in [-0.39, 0.29) is 17.8 Å². The number of carbonyl (C=O) groups is 1. The van der Waals surface area contributed by atoms with Crippen molar-refractivity contribution in [3.63, 3.8) is 0 Å². The summed E-state index contributed by atoms with van der Waals surface area (Å²) in [6.07, 6.45) is 2.12. The molecule has 1 aromatic rings. The van der Waals surface area contributed by atoms with E-state index in [0.717, 1.165) is 6.07 Å². The minimum Gasteiger partial charge on any atom is -0.382 e. The summed E-state index contributed by atoms with van der Waals surface area (Å²) in [6.45, 7) is 2.80. The van der Waals surface area contributed by atoms with Crippen LogP contribution in [0.5, 0.6) is 0 Å². The van der Waals surface area contributed by atoms with Crippen LogP contribution >= 0.6 is 0 Å². The summed E-state index contributed by atoms with van der Waals surface area (Å²) in [7, 11) is 0. The lowest BCUT2D eigenvalue weighted by Gasteiger charge is -2.21. The zero-order valence-corrected chi connectivity index (χ0v) is 12.1. The molecule has 0 aliphatic heterocycles. The molecule has 1 aromatic carbocycles. The van der Waals surface area contributed by atoms with Crippen LogP contribution in [-0.2, 0) is 0 Å². The molecule has 1 amide bonds. The van der Waals surface area contributed by atoms with Gasteiger partial charge in [0.2, 0.25) is 6.43 Å². The molecule has 0 spiro atoms. The molecule has 0 saturated carbocycles. The van der Waals surface area contributed by atoms with E-state index in [1.54, 1.807) is 0 Å². The lowest BCUT2D eigenvalue weighted by atomic mass is 10.0. The van der Waals surface area contributed by atoms with E-state index >= 15 is 0 Å². The Bertz CT molecular complexity index is 594. The Morgan fingerprint density at radius 3 is 2.55 bits per heavy atom. The third-order valence-corrected chi connectivity index (χ3v) is 2.75. The van der Waals surface area contributed by atoms with Crippen LogP contribution in [0.1, 0.15) is 30.6 Å². The molecule has 7 heteroatoms. The van der Waals surface area contributed by atoms with Crippen molar-refractivity contribution in [2.75, 3.05) is 11.9 Å². The number of rotatable bonds is 6. The molecule has 0 radical (unpaired) electrons. The fourth-order valence-corrected chi connectivity index (χ4v) is 1.63. The van der Waals surface area contributed by atoms with Crippen LogP contribution in [0.15, 0.2) is 12.1 Å². The number of carbonyl (C=O) groups excluding carboxylic acids is 1. The van der Waals surface area contributed by atoms with E-state index in [1.807, 2.05) is 0 Å². The van der Waals surface area contributed by atoms with Gasteiger partial charge in [-0.3, -0.25) is 4.79 Å². The standard InChI is InChI=1S/C15H16F4N2O/c1-4-15(2,3)21-14(22)10-7-9(16)8-11(17)13(10)20-6-5-12(18)19/h1,7-8,12,20H,5-6H2,2-3H3,(H,21,22). The molecule has 0 aliphatic rings.